The number of thiophene rings is 1. The third kappa shape index (κ3) is 1.50. The SMILES string of the molecule is CCc1nc2sc3c(c2c2nnc(SC)n12)CCC3. The molecular weight excluding hydrogens is 276 g/mol. The quantitative estimate of drug-likeness (QED) is 0.680. The van der Waals surface area contributed by atoms with Gasteiger partial charge in [-0.1, -0.05) is 18.7 Å². The van der Waals surface area contributed by atoms with Crippen LogP contribution in [-0.2, 0) is 19.3 Å². The molecule has 4 rings (SSSR count). The molecule has 0 aliphatic heterocycles. The zero-order valence-corrected chi connectivity index (χ0v) is 12.6. The minimum Gasteiger partial charge on any atom is -0.257 e. The monoisotopic (exact) mass is 290 g/mol. The van der Waals surface area contributed by atoms with Gasteiger partial charge in [-0.05, 0) is 31.1 Å². The first-order valence-electron chi connectivity index (χ1n) is 6.55. The van der Waals surface area contributed by atoms with Gasteiger partial charge in [0.25, 0.3) is 0 Å². The molecule has 0 saturated heterocycles. The summed E-state index contributed by atoms with van der Waals surface area (Å²) in [7, 11) is 0. The lowest BCUT2D eigenvalue weighted by molar-refractivity contribution is 0.829. The summed E-state index contributed by atoms with van der Waals surface area (Å²) in [5.41, 5.74) is 2.48. The molecule has 3 aromatic rings. The maximum Gasteiger partial charge on any atom is 0.196 e. The molecule has 98 valence electrons. The molecule has 3 heterocycles. The first-order chi connectivity index (χ1) is 9.33. The van der Waals surface area contributed by atoms with Gasteiger partial charge in [0, 0.05) is 11.3 Å². The van der Waals surface area contributed by atoms with Gasteiger partial charge in [-0.2, -0.15) is 0 Å². The predicted molar refractivity (Wildman–Crippen MR) is 79.3 cm³/mol. The van der Waals surface area contributed by atoms with Crippen molar-refractivity contribution in [2.45, 2.75) is 37.8 Å². The average Bonchev–Trinajstić information content (AvgIpc) is 3.09. The fourth-order valence-electron chi connectivity index (χ4n) is 2.90. The van der Waals surface area contributed by atoms with Crippen LogP contribution in [0, 0.1) is 0 Å². The van der Waals surface area contributed by atoms with Crippen LogP contribution in [0.4, 0.5) is 0 Å². The van der Waals surface area contributed by atoms with Gasteiger partial charge in [0.05, 0.1) is 5.39 Å². The van der Waals surface area contributed by atoms with Crippen LogP contribution < -0.4 is 0 Å². The van der Waals surface area contributed by atoms with Crippen LogP contribution in [0.2, 0.25) is 0 Å². The molecule has 3 aromatic heterocycles. The lowest BCUT2D eigenvalue weighted by atomic mass is 10.2. The summed E-state index contributed by atoms with van der Waals surface area (Å²) in [6.07, 6.45) is 6.58. The Labute approximate surface area is 119 Å². The molecule has 0 spiro atoms. The fourth-order valence-corrected chi connectivity index (χ4v) is 4.67. The molecule has 0 aromatic carbocycles. The third-order valence-electron chi connectivity index (χ3n) is 3.75. The number of thioether (sulfide) groups is 1. The summed E-state index contributed by atoms with van der Waals surface area (Å²) in [5, 5.41) is 10.9. The van der Waals surface area contributed by atoms with Gasteiger partial charge in [0.2, 0.25) is 0 Å². The Balaban J connectivity index is 2.19. The van der Waals surface area contributed by atoms with E-state index in [4.69, 9.17) is 4.98 Å². The third-order valence-corrected chi connectivity index (χ3v) is 5.56. The zero-order valence-electron chi connectivity index (χ0n) is 10.9. The van der Waals surface area contributed by atoms with Gasteiger partial charge < -0.3 is 0 Å². The molecule has 19 heavy (non-hydrogen) atoms. The lowest BCUT2D eigenvalue weighted by Crippen LogP contribution is -2.01. The van der Waals surface area contributed by atoms with Crippen molar-refractivity contribution >= 4 is 39.0 Å². The molecule has 0 unspecified atom stereocenters. The molecule has 0 N–H and O–H groups in total. The van der Waals surface area contributed by atoms with Gasteiger partial charge in [-0.25, -0.2) is 4.98 Å². The van der Waals surface area contributed by atoms with Gasteiger partial charge in [-0.15, -0.1) is 21.5 Å². The maximum atomic E-state index is 4.85. The Morgan fingerprint density at radius 3 is 3.00 bits per heavy atom. The van der Waals surface area contributed by atoms with Crippen LogP contribution in [-0.4, -0.2) is 25.8 Å². The Morgan fingerprint density at radius 1 is 1.32 bits per heavy atom. The van der Waals surface area contributed by atoms with E-state index in [1.807, 2.05) is 17.6 Å². The van der Waals surface area contributed by atoms with Crippen LogP contribution in [0.1, 0.15) is 29.6 Å². The number of aromatic nitrogens is 4. The number of aryl methyl sites for hydroxylation is 3. The Hall–Kier alpha value is -1.14. The number of hydrogen-bond donors (Lipinski definition) is 0. The highest BCUT2D eigenvalue weighted by Gasteiger charge is 2.23. The summed E-state index contributed by atoms with van der Waals surface area (Å²) < 4.78 is 2.14. The highest BCUT2D eigenvalue weighted by atomic mass is 32.2. The lowest BCUT2D eigenvalue weighted by Gasteiger charge is -2.05. The van der Waals surface area contributed by atoms with Gasteiger partial charge in [-0.3, -0.25) is 4.40 Å². The average molecular weight is 290 g/mol. The Morgan fingerprint density at radius 2 is 2.21 bits per heavy atom. The van der Waals surface area contributed by atoms with Crippen molar-refractivity contribution in [1.29, 1.82) is 0 Å². The highest BCUT2D eigenvalue weighted by Crippen LogP contribution is 2.38. The van der Waals surface area contributed by atoms with Crippen LogP contribution in [0.5, 0.6) is 0 Å². The molecule has 1 aliphatic carbocycles. The molecule has 0 saturated carbocycles. The van der Waals surface area contributed by atoms with Crippen molar-refractivity contribution < 1.29 is 0 Å². The van der Waals surface area contributed by atoms with Crippen LogP contribution in [0.15, 0.2) is 5.16 Å². The van der Waals surface area contributed by atoms with E-state index in [2.05, 4.69) is 21.5 Å². The first kappa shape index (κ1) is 11.7. The fraction of sp³-hybridized carbons (Fsp3) is 0.462. The summed E-state index contributed by atoms with van der Waals surface area (Å²) in [4.78, 5) is 7.51. The molecule has 0 radical (unpaired) electrons. The number of nitrogens with zero attached hydrogens (tertiary/aromatic N) is 4. The number of fused-ring (bicyclic) bond motifs is 5. The van der Waals surface area contributed by atoms with E-state index in [0.29, 0.717) is 0 Å². The van der Waals surface area contributed by atoms with E-state index in [-0.39, 0.29) is 0 Å². The van der Waals surface area contributed by atoms with Crippen LogP contribution in [0.3, 0.4) is 0 Å². The second-order valence-electron chi connectivity index (χ2n) is 4.76. The second kappa shape index (κ2) is 4.18. The van der Waals surface area contributed by atoms with E-state index in [1.54, 1.807) is 11.8 Å². The van der Waals surface area contributed by atoms with E-state index >= 15 is 0 Å². The summed E-state index contributed by atoms with van der Waals surface area (Å²) >= 11 is 3.48. The number of rotatable bonds is 2. The van der Waals surface area contributed by atoms with E-state index < -0.39 is 0 Å². The van der Waals surface area contributed by atoms with E-state index in [9.17, 15) is 0 Å². The normalized spacial score (nSPS) is 14.6. The topological polar surface area (TPSA) is 43.1 Å². The van der Waals surface area contributed by atoms with Gasteiger partial charge in [0.15, 0.2) is 10.8 Å². The largest absolute Gasteiger partial charge is 0.257 e. The van der Waals surface area contributed by atoms with Crippen molar-refractivity contribution in [3.8, 4) is 0 Å². The van der Waals surface area contributed by atoms with Crippen molar-refractivity contribution in [3.63, 3.8) is 0 Å². The Kier molecular flexibility index (Phi) is 2.57. The van der Waals surface area contributed by atoms with E-state index in [0.717, 1.165) is 27.9 Å². The van der Waals surface area contributed by atoms with Gasteiger partial charge >= 0.3 is 0 Å². The minimum absolute atomic E-state index is 0.903. The van der Waals surface area contributed by atoms with Crippen molar-refractivity contribution in [3.05, 3.63) is 16.3 Å². The maximum absolute atomic E-state index is 4.85. The Bertz CT molecular complexity index is 787. The van der Waals surface area contributed by atoms with Crippen molar-refractivity contribution in [2.75, 3.05) is 6.26 Å². The smallest absolute Gasteiger partial charge is 0.196 e. The van der Waals surface area contributed by atoms with Crippen molar-refractivity contribution in [2.24, 2.45) is 0 Å². The molecule has 0 bridgehead atoms. The predicted octanol–water partition coefficient (Wildman–Crippen LogP) is 3.11. The zero-order chi connectivity index (χ0) is 13.0. The molecule has 4 nitrogen and oxygen atoms in total. The van der Waals surface area contributed by atoms with Gasteiger partial charge in [0.1, 0.15) is 10.7 Å². The molecule has 1 aliphatic rings. The number of hydrogen-bond acceptors (Lipinski definition) is 5. The molecule has 0 atom stereocenters. The summed E-state index contributed by atoms with van der Waals surface area (Å²) in [6, 6.07) is 0. The highest BCUT2D eigenvalue weighted by molar-refractivity contribution is 7.98. The van der Waals surface area contributed by atoms with Crippen molar-refractivity contribution in [1.82, 2.24) is 19.6 Å². The standard InChI is InChI=1S/C13H14N4S2/c1-3-9-14-12-10(7-5-4-6-8(7)19-12)11-15-16-13(18-2)17(9)11/h3-6H2,1-2H3. The molecule has 0 amide bonds. The van der Waals surface area contributed by atoms with E-state index in [1.165, 1.54) is 35.1 Å². The van der Waals surface area contributed by atoms with Crippen LogP contribution >= 0.6 is 23.1 Å². The summed E-state index contributed by atoms with van der Waals surface area (Å²) in [6.45, 7) is 2.14. The first-order valence-corrected chi connectivity index (χ1v) is 8.59. The minimum atomic E-state index is 0.903. The summed E-state index contributed by atoms with van der Waals surface area (Å²) in [5.74, 6) is 1.07. The second-order valence-corrected chi connectivity index (χ2v) is 6.62. The molecular formula is C13H14N4S2. The molecule has 0 fully saturated rings. The van der Waals surface area contributed by atoms with Crippen LogP contribution in [0.25, 0.3) is 15.9 Å². The molecule has 6 heteroatoms.